The molecule has 1 aromatic carbocycles. The van der Waals surface area contributed by atoms with Crippen molar-refractivity contribution >= 4 is 15.9 Å². The molecular formula is C12H17BrO. The molecule has 1 rings (SSSR count). The van der Waals surface area contributed by atoms with E-state index < -0.39 is 0 Å². The first-order chi connectivity index (χ1) is 6.50. The zero-order chi connectivity index (χ0) is 10.7. The van der Waals surface area contributed by atoms with Crippen molar-refractivity contribution in [1.82, 2.24) is 0 Å². The van der Waals surface area contributed by atoms with Gasteiger partial charge in [0.2, 0.25) is 0 Å². The molecule has 0 fully saturated rings. The molecule has 0 aliphatic carbocycles. The van der Waals surface area contributed by atoms with Gasteiger partial charge in [-0.15, -0.1) is 0 Å². The molecule has 1 N–H and O–H groups in total. The Hall–Kier alpha value is -0.340. The molecule has 0 aromatic heterocycles. The number of halogens is 1. The molecule has 0 saturated carbocycles. The lowest BCUT2D eigenvalue weighted by molar-refractivity contribution is 0.151. The van der Waals surface area contributed by atoms with Crippen LogP contribution in [0.4, 0.5) is 0 Å². The second-order valence-electron chi connectivity index (χ2n) is 4.15. The highest BCUT2D eigenvalue weighted by molar-refractivity contribution is 9.10. The van der Waals surface area contributed by atoms with Gasteiger partial charge in [0.05, 0.1) is 6.10 Å². The van der Waals surface area contributed by atoms with Crippen molar-refractivity contribution in [3.05, 3.63) is 33.8 Å². The molecule has 2 heteroatoms. The quantitative estimate of drug-likeness (QED) is 0.872. The first-order valence-electron chi connectivity index (χ1n) is 4.95. The molecule has 0 bridgehead atoms. The zero-order valence-corrected chi connectivity index (χ0v) is 10.5. The average Bonchev–Trinajstić information content (AvgIpc) is 2.08. The fourth-order valence-corrected chi connectivity index (χ4v) is 1.70. The van der Waals surface area contributed by atoms with Crippen LogP contribution in [0.2, 0.25) is 0 Å². The predicted molar refractivity (Wildman–Crippen MR) is 63.3 cm³/mol. The van der Waals surface area contributed by atoms with E-state index in [1.54, 1.807) is 0 Å². The van der Waals surface area contributed by atoms with Crippen LogP contribution in [0.5, 0.6) is 0 Å². The Bertz CT molecular complexity index is 307. The van der Waals surface area contributed by atoms with E-state index in [-0.39, 0.29) is 6.10 Å². The van der Waals surface area contributed by atoms with Crippen LogP contribution >= 0.6 is 15.9 Å². The van der Waals surface area contributed by atoms with Gasteiger partial charge in [-0.1, -0.05) is 41.9 Å². The lowest BCUT2D eigenvalue weighted by atomic mass is 9.98. The summed E-state index contributed by atoms with van der Waals surface area (Å²) in [7, 11) is 0. The Morgan fingerprint density at radius 3 is 2.50 bits per heavy atom. The summed E-state index contributed by atoms with van der Waals surface area (Å²) in [6.07, 6.45) is 0.489. The van der Waals surface area contributed by atoms with E-state index in [0.29, 0.717) is 5.92 Å². The van der Waals surface area contributed by atoms with Crippen LogP contribution in [0.15, 0.2) is 22.7 Å². The van der Waals surface area contributed by atoms with E-state index in [2.05, 4.69) is 29.8 Å². The number of aliphatic hydroxyl groups excluding tert-OH is 1. The molecule has 1 atom stereocenters. The average molecular weight is 257 g/mol. The molecule has 0 spiro atoms. The van der Waals surface area contributed by atoms with Crippen LogP contribution in [-0.4, -0.2) is 5.11 Å². The van der Waals surface area contributed by atoms with Crippen LogP contribution in [0, 0.1) is 12.8 Å². The number of rotatable bonds is 3. The number of aliphatic hydroxyl groups is 1. The number of hydrogen-bond acceptors (Lipinski definition) is 1. The maximum atomic E-state index is 9.89. The minimum Gasteiger partial charge on any atom is -0.388 e. The molecule has 0 radical (unpaired) electrons. The summed E-state index contributed by atoms with van der Waals surface area (Å²) in [5.74, 6) is 0.522. The van der Waals surface area contributed by atoms with Gasteiger partial charge >= 0.3 is 0 Å². The van der Waals surface area contributed by atoms with Crippen LogP contribution < -0.4 is 0 Å². The van der Waals surface area contributed by atoms with Crippen LogP contribution in [0.25, 0.3) is 0 Å². The van der Waals surface area contributed by atoms with Crippen molar-refractivity contribution in [3.63, 3.8) is 0 Å². The molecule has 0 amide bonds. The lowest BCUT2D eigenvalue weighted by Gasteiger charge is -2.14. The molecule has 1 aromatic rings. The van der Waals surface area contributed by atoms with Gasteiger partial charge in [-0.2, -0.15) is 0 Å². The maximum Gasteiger partial charge on any atom is 0.0792 e. The first-order valence-corrected chi connectivity index (χ1v) is 5.74. The number of aryl methyl sites for hydroxylation is 1. The van der Waals surface area contributed by atoms with Crippen molar-refractivity contribution in [2.45, 2.75) is 33.3 Å². The van der Waals surface area contributed by atoms with E-state index in [1.807, 2.05) is 25.1 Å². The van der Waals surface area contributed by atoms with Crippen LogP contribution in [0.3, 0.4) is 0 Å². The molecule has 0 heterocycles. The highest BCUT2D eigenvalue weighted by Crippen LogP contribution is 2.25. The summed E-state index contributed by atoms with van der Waals surface area (Å²) in [5, 5.41) is 9.89. The Morgan fingerprint density at radius 2 is 2.00 bits per heavy atom. The maximum absolute atomic E-state index is 9.89. The molecule has 78 valence electrons. The monoisotopic (exact) mass is 256 g/mol. The first kappa shape index (κ1) is 11.7. The summed E-state index contributed by atoms with van der Waals surface area (Å²) < 4.78 is 1.10. The summed E-state index contributed by atoms with van der Waals surface area (Å²) in [6, 6.07) is 6.01. The van der Waals surface area contributed by atoms with Gasteiger partial charge < -0.3 is 5.11 Å². The van der Waals surface area contributed by atoms with Crippen LogP contribution in [0.1, 0.15) is 37.5 Å². The smallest absolute Gasteiger partial charge is 0.0792 e. The molecule has 0 aliphatic rings. The van der Waals surface area contributed by atoms with Gasteiger partial charge in [-0.3, -0.25) is 0 Å². The highest BCUT2D eigenvalue weighted by Gasteiger charge is 2.10. The van der Waals surface area contributed by atoms with E-state index in [9.17, 15) is 5.11 Å². The Kier molecular flexibility index (Phi) is 4.14. The van der Waals surface area contributed by atoms with Gasteiger partial charge in [0, 0.05) is 4.47 Å². The van der Waals surface area contributed by atoms with Gasteiger partial charge in [-0.25, -0.2) is 0 Å². The molecular weight excluding hydrogens is 240 g/mol. The van der Waals surface area contributed by atoms with Crippen molar-refractivity contribution in [2.24, 2.45) is 5.92 Å². The van der Waals surface area contributed by atoms with E-state index in [4.69, 9.17) is 0 Å². The standard InChI is InChI=1S/C12H17BrO/c1-8(2)6-12(14)10-4-5-11(13)9(3)7-10/h4-5,7-8,12,14H,6H2,1-3H3. The van der Waals surface area contributed by atoms with Crippen molar-refractivity contribution in [3.8, 4) is 0 Å². The Morgan fingerprint density at radius 1 is 1.36 bits per heavy atom. The van der Waals surface area contributed by atoms with Crippen molar-refractivity contribution in [2.75, 3.05) is 0 Å². The van der Waals surface area contributed by atoms with E-state index in [1.165, 1.54) is 5.56 Å². The van der Waals surface area contributed by atoms with Crippen LogP contribution in [-0.2, 0) is 0 Å². The third kappa shape index (κ3) is 3.10. The summed E-state index contributed by atoms with van der Waals surface area (Å²) in [5.41, 5.74) is 2.18. The molecule has 0 saturated heterocycles. The lowest BCUT2D eigenvalue weighted by Crippen LogP contribution is -2.02. The van der Waals surface area contributed by atoms with Gasteiger partial charge in [-0.05, 0) is 36.5 Å². The molecule has 0 aliphatic heterocycles. The minimum atomic E-state index is -0.332. The number of hydrogen-bond donors (Lipinski definition) is 1. The van der Waals surface area contributed by atoms with Crippen molar-refractivity contribution < 1.29 is 5.11 Å². The minimum absolute atomic E-state index is 0.332. The fourth-order valence-electron chi connectivity index (χ4n) is 1.46. The number of benzene rings is 1. The fraction of sp³-hybridized carbons (Fsp3) is 0.500. The van der Waals surface area contributed by atoms with E-state index >= 15 is 0 Å². The summed E-state index contributed by atoms with van der Waals surface area (Å²) >= 11 is 3.45. The molecule has 1 nitrogen and oxygen atoms in total. The zero-order valence-electron chi connectivity index (χ0n) is 8.92. The third-order valence-corrected chi connectivity index (χ3v) is 3.15. The molecule has 14 heavy (non-hydrogen) atoms. The van der Waals surface area contributed by atoms with Gasteiger partial charge in [0.15, 0.2) is 0 Å². The summed E-state index contributed by atoms with van der Waals surface area (Å²) in [6.45, 7) is 6.28. The topological polar surface area (TPSA) is 20.2 Å². The summed E-state index contributed by atoms with van der Waals surface area (Å²) in [4.78, 5) is 0. The highest BCUT2D eigenvalue weighted by atomic mass is 79.9. The predicted octanol–water partition coefficient (Wildman–Crippen LogP) is 3.84. The van der Waals surface area contributed by atoms with Gasteiger partial charge in [0.25, 0.3) is 0 Å². The Balaban J connectivity index is 2.80. The normalized spacial score (nSPS) is 13.3. The third-order valence-electron chi connectivity index (χ3n) is 2.26. The SMILES string of the molecule is Cc1cc(C(O)CC(C)C)ccc1Br. The van der Waals surface area contributed by atoms with E-state index in [0.717, 1.165) is 16.5 Å². The molecule has 1 unspecified atom stereocenters. The largest absolute Gasteiger partial charge is 0.388 e. The Labute approximate surface area is 94.3 Å². The second-order valence-corrected chi connectivity index (χ2v) is 5.01. The van der Waals surface area contributed by atoms with Gasteiger partial charge in [0.1, 0.15) is 0 Å². The second kappa shape index (κ2) is 4.94. The van der Waals surface area contributed by atoms with Crippen molar-refractivity contribution in [1.29, 1.82) is 0 Å².